The van der Waals surface area contributed by atoms with Crippen molar-refractivity contribution in [2.75, 3.05) is 0 Å². The molecular weight excluding hydrogens is 246 g/mol. The Morgan fingerprint density at radius 1 is 1.00 bits per heavy atom. The Hall–Kier alpha value is -0.660. The highest BCUT2D eigenvalue weighted by Crippen LogP contribution is 2.63. The summed E-state index contributed by atoms with van der Waals surface area (Å²) >= 11 is 0. The monoisotopic (exact) mass is 273 g/mol. The SMILES string of the molecule is C[C@@]12CCC[C@H]1[C@@H]1CCC3=NC(=O)CC[C@]3(C)[C@H]1CC2. The fourth-order valence-electron chi connectivity index (χ4n) is 6.36. The molecule has 0 aromatic carbocycles. The van der Waals surface area contributed by atoms with Crippen LogP contribution in [0.25, 0.3) is 0 Å². The van der Waals surface area contributed by atoms with Crippen LogP contribution in [-0.4, -0.2) is 11.6 Å². The lowest BCUT2D eigenvalue weighted by Gasteiger charge is -2.56. The van der Waals surface area contributed by atoms with E-state index in [-0.39, 0.29) is 11.3 Å². The Labute approximate surface area is 122 Å². The van der Waals surface area contributed by atoms with Crippen LogP contribution in [-0.2, 0) is 4.79 Å². The first-order valence-corrected chi connectivity index (χ1v) is 8.64. The van der Waals surface area contributed by atoms with Gasteiger partial charge in [0.1, 0.15) is 0 Å². The number of hydrogen-bond acceptors (Lipinski definition) is 1. The summed E-state index contributed by atoms with van der Waals surface area (Å²) in [6, 6.07) is 0. The topological polar surface area (TPSA) is 29.4 Å². The lowest BCUT2D eigenvalue weighted by Crippen LogP contribution is -2.52. The summed E-state index contributed by atoms with van der Waals surface area (Å²) in [5.41, 5.74) is 2.15. The number of fused-ring (bicyclic) bond motifs is 5. The molecule has 0 aromatic rings. The molecule has 0 spiro atoms. The van der Waals surface area contributed by atoms with Crippen molar-refractivity contribution in [3.05, 3.63) is 0 Å². The van der Waals surface area contributed by atoms with Gasteiger partial charge in [0.05, 0.1) is 0 Å². The number of rotatable bonds is 0. The van der Waals surface area contributed by atoms with Gasteiger partial charge in [-0.05, 0) is 68.1 Å². The molecule has 5 atom stereocenters. The molecule has 0 bridgehead atoms. The van der Waals surface area contributed by atoms with Gasteiger partial charge in [-0.25, -0.2) is 4.99 Å². The minimum absolute atomic E-state index is 0.137. The van der Waals surface area contributed by atoms with Gasteiger partial charge in [-0.3, -0.25) is 4.79 Å². The number of nitrogens with zero attached hydrogens (tertiary/aromatic N) is 1. The maximum absolute atomic E-state index is 11.7. The Morgan fingerprint density at radius 3 is 2.70 bits per heavy atom. The van der Waals surface area contributed by atoms with Gasteiger partial charge in [0.2, 0.25) is 5.91 Å². The van der Waals surface area contributed by atoms with Crippen molar-refractivity contribution < 1.29 is 4.79 Å². The van der Waals surface area contributed by atoms with Gasteiger partial charge >= 0.3 is 0 Å². The fourth-order valence-corrected chi connectivity index (χ4v) is 6.36. The Bertz CT molecular complexity index is 482. The third kappa shape index (κ3) is 1.63. The average molecular weight is 273 g/mol. The molecule has 1 aliphatic heterocycles. The maximum Gasteiger partial charge on any atom is 0.245 e. The molecule has 3 aliphatic carbocycles. The summed E-state index contributed by atoms with van der Waals surface area (Å²) in [5, 5.41) is 0. The van der Waals surface area contributed by atoms with Gasteiger partial charge < -0.3 is 0 Å². The van der Waals surface area contributed by atoms with Gasteiger partial charge in [0.15, 0.2) is 0 Å². The summed E-state index contributed by atoms with van der Waals surface area (Å²) in [6.07, 6.45) is 11.3. The molecule has 0 aromatic heterocycles. The molecular formula is C18H27NO. The van der Waals surface area contributed by atoms with Gasteiger partial charge in [-0.1, -0.05) is 20.3 Å². The Balaban J connectivity index is 1.69. The second kappa shape index (κ2) is 4.18. The molecule has 1 heterocycles. The number of hydrogen-bond donors (Lipinski definition) is 0. The molecule has 3 saturated carbocycles. The van der Waals surface area contributed by atoms with Crippen molar-refractivity contribution in [3.63, 3.8) is 0 Å². The third-order valence-corrected chi connectivity index (χ3v) is 7.53. The van der Waals surface area contributed by atoms with Crippen LogP contribution in [0.4, 0.5) is 0 Å². The van der Waals surface area contributed by atoms with Crippen molar-refractivity contribution in [2.24, 2.45) is 33.6 Å². The van der Waals surface area contributed by atoms with Crippen LogP contribution in [0, 0.1) is 28.6 Å². The highest BCUT2D eigenvalue weighted by atomic mass is 16.1. The summed E-state index contributed by atoms with van der Waals surface area (Å²) in [5.74, 6) is 2.81. The van der Waals surface area contributed by atoms with Gasteiger partial charge in [0, 0.05) is 17.5 Å². The first-order valence-electron chi connectivity index (χ1n) is 8.64. The zero-order chi connectivity index (χ0) is 14.0. The molecule has 20 heavy (non-hydrogen) atoms. The smallest absolute Gasteiger partial charge is 0.245 e. The largest absolute Gasteiger partial charge is 0.273 e. The van der Waals surface area contributed by atoms with E-state index >= 15 is 0 Å². The first-order chi connectivity index (χ1) is 9.53. The van der Waals surface area contributed by atoms with Crippen LogP contribution < -0.4 is 0 Å². The summed E-state index contributed by atoms with van der Waals surface area (Å²) in [6.45, 7) is 4.98. The van der Waals surface area contributed by atoms with E-state index in [1.165, 1.54) is 44.2 Å². The van der Waals surface area contributed by atoms with Crippen molar-refractivity contribution in [3.8, 4) is 0 Å². The van der Waals surface area contributed by atoms with Crippen molar-refractivity contribution in [1.82, 2.24) is 0 Å². The normalized spacial score (nSPS) is 51.0. The van der Waals surface area contributed by atoms with E-state index in [9.17, 15) is 4.79 Å². The molecule has 4 rings (SSSR count). The predicted octanol–water partition coefficient (Wildman–Crippen LogP) is 4.38. The van der Waals surface area contributed by atoms with E-state index in [0.717, 1.165) is 30.6 Å². The van der Waals surface area contributed by atoms with Crippen LogP contribution in [0.5, 0.6) is 0 Å². The lowest BCUT2D eigenvalue weighted by atomic mass is 9.49. The van der Waals surface area contributed by atoms with Gasteiger partial charge in [0.25, 0.3) is 0 Å². The average Bonchev–Trinajstić information content (AvgIpc) is 2.81. The van der Waals surface area contributed by atoms with E-state index in [0.29, 0.717) is 11.8 Å². The molecule has 110 valence electrons. The summed E-state index contributed by atoms with van der Waals surface area (Å²) in [7, 11) is 0. The summed E-state index contributed by atoms with van der Waals surface area (Å²) < 4.78 is 0. The molecule has 0 radical (unpaired) electrons. The molecule has 0 unspecified atom stereocenters. The number of carbonyl (C=O) groups is 1. The maximum atomic E-state index is 11.7. The van der Waals surface area contributed by atoms with Crippen LogP contribution in [0.15, 0.2) is 4.99 Å². The molecule has 3 fully saturated rings. The van der Waals surface area contributed by atoms with Crippen molar-refractivity contribution in [1.29, 1.82) is 0 Å². The lowest BCUT2D eigenvalue weighted by molar-refractivity contribution is -0.119. The minimum Gasteiger partial charge on any atom is -0.273 e. The van der Waals surface area contributed by atoms with Crippen LogP contribution in [0.2, 0.25) is 0 Å². The second-order valence-electron chi connectivity index (χ2n) is 8.37. The standard InChI is InChI=1S/C18H27NO/c1-17-9-3-4-13(17)12-5-6-15-18(2,14(12)7-10-17)11-8-16(20)19-15/h12-14H,3-11H2,1-2H3/t12-,13-,14-,17-,18+/m0/s1. The molecule has 4 aliphatic rings. The van der Waals surface area contributed by atoms with E-state index in [4.69, 9.17) is 0 Å². The Morgan fingerprint density at radius 2 is 1.85 bits per heavy atom. The molecule has 1 amide bonds. The van der Waals surface area contributed by atoms with E-state index in [2.05, 4.69) is 18.8 Å². The molecule has 0 saturated heterocycles. The molecule has 2 nitrogen and oxygen atoms in total. The van der Waals surface area contributed by atoms with Crippen LogP contribution in [0.1, 0.15) is 71.6 Å². The van der Waals surface area contributed by atoms with Crippen molar-refractivity contribution in [2.45, 2.75) is 71.6 Å². The van der Waals surface area contributed by atoms with Gasteiger partial charge in [-0.2, -0.15) is 0 Å². The summed E-state index contributed by atoms with van der Waals surface area (Å²) in [4.78, 5) is 16.1. The number of amides is 1. The highest BCUT2D eigenvalue weighted by molar-refractivity contribution is 6.01. The highest BCUT2D eigenvalue weighted by Gasteiger charge is 2.56. The van der Waals surface area contributed by atoms with E-state index < -0.39 is 0 Å². The van der Waals surface area contributed by atoms with E-state index in [1.54, 1.807) is 0 Å². The zero-order valence-corrected chi connectivity index (χ0v) is 13.0. The zero-order valence-electron chi connectivity index (χ0n) is 13.0. The van der Waals surface area contributed by atoms with Crippen molar-refractivity contribution >= 4 is 11.6 Å². The molecule has 2 heteroatoms. The fraction of sp³-hybridized carbons (Fsp3) is 0.889. The first kappa shape index (κ1) is 13.0. The third-order valence-electron chi connectivity index (χ3n) is 7.53. The number of aliphatic imine (C=N–C) groups is 1. The Kier molecular flexibility index (Phi) is 2.72. The minimum atomic E-state index is 0.137. The van der Waals surface area contributed by atoms with Crippen LogP contribution >= 0.6 is 0 Å². The second-order valence-corrected chi connectivity index (χ2v) is 8.37. The van der Waals surface area contributed by atoms with E-state index in [1.807, 2.05) is 0 Å². The van der Waals surface area contributed by atoms with Gasteiger partial charge in [-0.15, -0.1) is 0 Å². The predicted molar refractivity (Wildman–Crippen MR) is 80.7 cm³/mol. The number of carbonyl (C=O) groups excluding carboxylic acids is 1. The molecule has 0 N–H and O–H groups in total. The van der Waals surface area contributed by atoms with Crippen LogP contribution in [0.3, 0.4) is 0 Å². The quantitative estimate of drug-likeness (QED) is 0.644.